The number of hydrogen-bond acceptors (Lipinski definition) is 2. The molecule has 1 N–H and O–H groups in total. The smallest absolute Gasteiger partial charge is 0.224 e. The molecule has 0 unspecified atom stereocenters. The molecule has 1 fully saturated rings. The van der Waals surface area contributed by atoms with Crippen LogP contribution >= 0.6 is 0 Å². The van der Waals surface area contributed by atoms with Crippen molar-refractivity contribution in [2.45, 2.75) is 45.1 Å². The van der Waals surface area contributed by atoms with Crippen molar-refractivity contribution >= 4 is 11.6 Å². The molecule has 0 spiro atoms. The van der Waals surface area contributed by atoms with Crippen molar-refractivity contribution in [3.8, 4) is 0 Å². The number of amides is 1. The number of methoxy groups -OCH3 is 1. The Morgan fingerprint density at radius 2 is 2.16 bits per heavy atom. The van der Waals surface area contributed by atoms with Crippen LogP contribution < -0.4 is 5.32 Å². The van der Waals surface area contributed by atoms with E-state index in [2.05, 4.69) is 5.32 Å². The van der Waals surface area contributed by atoms with Gasteiger partial charge in [0.05, 0.1) is 6.61 Å². The van der Waals surface area contributed by atoms with E-state index in [4.69, 9.17) is 4.74 Å². The van der Waals surface area contributed by atoms with Crippen LogP contribution in [0, 0.1) is 5.92 Å². The van der Waals surface area contributed by atoms with Crippen LogP contribution in [0.2, 0.25) is 0 Å². The highest BCUT2D eigenvalue weighted by atomic mass is 16.5. The minimum Gasteiger partial charge on any atom is -0.380 e. The monoisotopic (exact) mass is 261 g/mol. The molecule has 1 aromatic rings. The van der Waals surface area contributed by atoms with Gasteiger partial charge in [-0.1, -0.05) is 37.8 Å². The van der Waals surface area contributed by atoms with Crippen LogP contribution in [0.15, 0.2) is 24.3 Å². The maximum absolute atomic E-state index is 11.9. The standard InChI is InChI=1S/C16H23NO2/c1-19-12-14-7-4-8-15(11-14)17-16(18)10-9-13-5-2-3-6-13/h4,7-8,11,13H,2-3,5-6,9-10,12H2,1H3,(H,17,18). The summed E-state index contributed by atoms with van der Waals surface area (Å²) in [6.45, 7) is 0.575. The minimum atomic E-state index is 0.126. The first-order valence-electron chi connectivity index (χ1n) is 7.15. The summed E-state index contributed by atoms with van der Waals surface area (Å²) >= 11 is 0. The third-order valence-corrected chi connectivity index (χ3v) is 3.78. The van der Waals surface area contributed by atoms with Gasteiger partial charge in [0, 0.05) is 19.2 Å². The first-order chi connectivity index (χ1) is 9.28. The summed E-state index contributed by atoms with van der Waals surface area (Å²) in [5, 5.41) is 2.97. The number of nitrogens with one attached hydrogen (secondary N) is 1. The summed E-state index contributed by atoms with van der Waals surface area (Å²) in [7, 11) is 1.67. The third-order valence-electron chi connectivity index (χ3n) is 3.78. The molecule has 3 heteroatoms. The number of benzene rings is 1. The number of ether oxygens (including phenoxy) is 1. The second kappa shape index (κ2) is 7.29. The Hall–Kier alpha value is -1.35. The third kappa shape index (κ3) is 4.67. The van der Waals surface area contributed by atoms with Crippen LogP contribution in [0.1, 0.15) is 44.1 Å². The van der Waals surface area contributed by atoms with Crippen LogP contribution in [0.4, 0.5) is 5.69 Å². The van der Waals surface area contributed by atoms with Gasteiger partial charge in [-0.15, -0.1) is 0 Å². The van der Waals surface area contributed by atoms with E-state index in [0.717, 1.165) is 23.6 Å². The first-order valence-corrected chi connectivity index (χ1v) is 7.15. The largest absolute Gasteiger partial charge is 0.380 e. The molecule has 0 atom stereocenters. The fourth-order valence-corrected chi connectivity index (χ4v) is 2.76. The molecule has 1 aliphatic rings. The number of anilines is 1. The highest BCUT2D eigenvalue weighted by Gasteiger charge is 2.16. The molecular formula is C16H23NO2. The summed E-state index contributed by atoms with van der Waals surface area (Å²) in [5.41, 5.74) is 1.95. The second-order valence-electron chi connectivity index (χ2n) is 5.37. The topological polar surface area (TPSA) is 38.3 Å². The molecule has 0 saturated heterocycles. The Balaban J connectivity index is 1.79. The van der Waals surface area contributed by atoms with Gasteiger partial charge >= 0.3 is 0 Å². The van der Waals surface area contributed by atoms with Crippen LogP contribution in [0.3, 0.4) is 0 Å². The summed E-state index contributed by atoms with van der Waals surface area (Å²) in [6.07, 6.45) is 6.95. The Labute approximate surface area is 115 Å². The van der Waals surface area contributed by atoms with E-state index in [9.17, 15) is 4.79 Å². The van der Waals surface area contributed by atoms with Crippen LogP contribution in [0.5, 0.6) is 0 Å². The van der Waals surface area contributed by atoms with Gasteiger partial charge in [-0.3, -0.25) is 4.79 Å². The molecular weight excluding hydrogens is 238 g/mol. The highest BCUT2D eigenvalue weighted by Crippen LogP contribution is 2.28. The van der Waals surface area contributed by atoms with Crippen LogP contribution in [-0.4, -0.2) is 13.0 Å². The van der Waals surface area contributed by atoms with Gasteiger partial charge in [0.15, 0.2) is 0 Å². The molecule has 19 heavy (non-hydrogen) atoms. The summed E-state index contributed by atoms with van der Waals surface area (Å²) < 4.78 is 5.09. The van der Waals surface area contributed by atoms with E-state index in [1.807, 2.05) is 24.3 Å². The fourth-order valence-electron chi connectivity index (χ4n) is 2.76. The lowest BCUT2D eigenvalue weighted by Crippen LogP contribution is -2.12. The molecule has 0 aliphatic heterocycles. The Morgan fingerprint density at radius 1 is 1.37 bits per heavy atom. The molecule has 104 valence electrons. The zero-order valence-electron chi connectivity index (χ0n) is 11.7. The van der Waals surface area contributed by atoms with Gasteiger partial charge < -0.3 is 10.1 Å². The van der Waals surface area contributed by atoms with Crippen molar-refractivity contribution in [1.29, 1.82) is 0 Å². The molecule has 1 saturated carbocycles. The van der Waals surface area contributed by atoms with E-state index in [1.165, 1.54) is 25.7 Å². The lowest BCUT2D eigenvalue weighted by Gasteiger charge is -2.10. The van der Waals surface area contributed by atoms with E-state index in [0.29, 0.717) is 13.0 Å². The van der Waals surface area contributed by atoms with Crippen molar-refractivity contribution in [2.75, 3.05) is 12.4 Å². The van der Waals surface area contributed by atoms with E-state index < -0.39 is 0 Å². The molecule has 0 heterocycles. The van der Waals surface area contributed by atoms with Gasteiger partial charge in [0.2, 0.25) is 5.91 Å². The van der Waals surface area contributed by atoms with E-state index in [-0.39, 0.29) is 5.91 Å². The van der Waals surface area contributed by atoms with Crippen LogP contribution in [-0.2, 0) is 16.1 Å². The van der Waals surface area contributed by atoms with Crippen molar-refractivity contribution in [3.05, 3.63) is 29.8 Å². The van der Waals surface area contributed by atoms with E-state index >= 15 is 0 Å². The average molecular weight is 261 g/mol. The SMILES string of the molecule is COCc1cccc(NC(=O)CCC2CCCC2)c1. The minimum absolute atomic E-state index is 0.126. The number of hydrogen-bond donors (Lipinski definition) is 1. The van der Waals surface area contributed by atoms with Gasteiger partial charge in [0.1, 0.15) is 0 Å². The second-order valence-corrected chi connectivity index (χ2v) is 5.37. The normalized spacial score (nSPS) is 15.6. The zero-order chi connectivity index (χ0) is 13.5. The maximum Gasteiger partial charge on any atom is 0.224 e. The molecule has 0 bridgehead atoms. The summed E-state index contributed by atoms with van der Waals surface area (Å²) in [6, 6.07) is 7.84. The number of carbonyl (C=O) groups excluding carboxylic acids is 1. The molecule has 2 rings (SSSR count). The average Bonchev–Trinajstić information content (AvgIpc) is 2.90. The molecule has 0 radical (unpaired) electrons. The van der Waals surface area contributed by atoms with Gasteiger partial charge in [-0.25, -0.2) is 0 Å². The fraction of sp³-hybridized carbons (Fsp3) is 0.562. The predicted octanol–water partition coefficient (Wildman–Crippen LogP) is 3.74. The molecule has 1 amide bonds. The lowest BCUT2D eigenvalue weighted by molar-refractivity contribution is -0.116. The van der Waals surface area contributed by atoms with Crippen molar-refractivity contribution < 1.29 is 9.53 Å². The molecule has 0 aromatic heterocycles. The predicted molar refractivity (Wildman–Crippen MR) is 77.0 cm³/mol. The molecule has 1 aliphatic carbocycles. The van der Waals surface area contributed by atoms with Gasteiger partial charge in [0.25, 0.3) is 0 Å². The van der Waals surface area contributed by atoms with Gasteiger partial charge in [-0.2, -0.15) is 0 Å². The van der Waals surface area contributed by atoms with Crippen molar-refractivity contribution in [2.24, 2.45) is 5.92 Å². The Kier molecular flexibility index (Phi) is 5.40. The van der Waals surface area contributed by atoms with Crippen LogP contribution in [0.25, 0.3) is 0 Å². The lowest BCUT2D eigenvalue weighted by atomic mass is 10.0. The maximum atomic E-state index is 11.9. The molecule has 1 aromatic carbocycles. The Morgan fingerprint density at radius 3 is 2.89 bits per heavy atom. The van der Waals surface area contributed by atoms with Gasteiger partial charge in [-0.05, 0) is 30.0 Å². The summed E-state index contributed by atoms with van der Waals surface area (Å²) in [5.74, 6) is 0.895. The summed E-state index contributed by atoms with van der Waals surface area (Å²) in [4.78, 5) is 11.9. The Bertz CT molecular complexity index is 411. The van der Waals surface area contributed by atoms with Crippen molar-refractivity contribution in [1.82, 2.24) is 0 Å². The first kappa shape index (κ1) is 14.1. The van der Waals surface area contributed by atoms with Crippen molar-refractivity contribution in [3.63, 3.8) is 0 Å². The number of carbonyl (C=O) groups is 1. The zero-order valence-corrected chi connectivity index (χ0v) is 11.7. The molecule has 3 nitrogen and oxygen atoms in total. The highest BCUT2D eigenvalue weighted by molar-refractivity contribution is 5.90. The quantitative estimate of drug-likeness (QED) is 0.847. The number of rotatable bonds is 6. The van der Waals surface area contributed by atoms with E-state index in [1.54, 1.807) is 7.11 Å².